The number of hydrogen-bond acceptors (Lipinski definition) is 6. The predicted molar refractivity (Wildman–Crippen MR) is 31.0 cm³/mol. The standard InChI is InChI=1S/2C2H2O4.Ca.Cd/c2*3-1(4)2(5)6;;/h2*(H,3,4)(H,5,6);;/q;;+2;/p-2. The van der Waals surface area contributed by atoms with Crippen molar-refractivity contribution in [1.29, 1.82) is 0 Å². The van der Waals surface area contributed by atoms with Crippen LogP contribution in [0.1, 0.15) is 0 Å². The molecule has 2 N–H and O–H groups in total. The van der Waals surface area contributed by atoms with Crippen LogP contribution in [0.2, 0.25) is 0 Å². The van der Waals surface area contributed by atoms with E-state index in [-0.39, 0.29) is 65.0 Å². The predicted octanol–water partition coefficient (Wildman–Crippen LogP) is -4.74. The van der Waals surface area contributed by atoms with Crippen LogP contribution in [0.5, 0.6) is 0 Å². The van der Waals surface area contributed by atoms with Crippen molar-refractivity contribution in [2.75, 3.05) is 0 Å². The number of carbonyl (C=O) groups is 4. The van der Waals surface area contributed by atoms with Crippen LogP contribution in [0.25, 0.3) is 0 Å². The minimum absolute atomic E-state index is 0. The zero-order chi connectivity index (χ0) is 10.3. The largest absolute Gasteiger partial charge is 2.00 e. The Kier molecular flexibility index (Phi) is 22.1. The van der Waals surface area contributed by atoms with Crippen LogP contribution in [0, 0.1) is 0 Å². The average molecular weight is 331 g/mol. The Morgan fingerprint density at radius 3 is 0.929 bits per heavy atom. The van der Waals surface area contributed by atoms with Crippen molar-refractivity contribution in [2.45, 2.75) is 0 Å². The van der Waals surface area contributed by atoms with E-state index < -0.39 is 23.9 Å². The molecule has 0 saturated carbocycles. The third kappa shape index (κ3) is 22.7. The summed E-state index contributed by atoms with van der Waals surface area (Å²) in [5, 5.41) is 32.6. The minimum Gasteiger partial charge on any atom is -0.543 e. The first-order valence-corrected chi connectivity index (χ1v) is 2.17. The molecule has 14 heavy (non-hydrogen) atoms. The van der Waals surface area contributed by atoms with Crippen molar-refractivity contribution in [1.82, 2.24) is 0 Å². The first-order chi connectivity index (χ1) is 5.29. The fourth-order valence-electron chi connectivity index (χ4n) is 0. The molecule has 70 valence electrons. The van der Waals surface area contributed by atoms with E-state index in [1.54, 1.807) is 0 Å². The molecule has 0 aromatic carbocycles. The summed E-state index contributed by atoms with van der Waals surface area (Å²) in [6.45, 7) is 0. The summed E-state index contributed by atoms with van der Waals surface area (Å²) in [5.74, 6) is -8.02. The molecular weight excluding hydrogens is 329 g/mol. The second kappa shape index (κ2) is 13.1. The van der Waals surface area contributed by atoms with Gasteiger partial charge in [0, 0.05) is 27.3 Å². The average Bonchev–Trinajstić information content (AvgIpc) is 1.88. The molecule has 10 heteroatoms. The second-order valence-corrected chi connectivity index (χ2v) is 1.19. The van der Waals surface area contributed by atoms with Crippen molar-refractivity contribution >= 4 is 61.6 Å². The molecule has 0 aromatic heterocycles. The summed E-state index contributed by atoms with van der Waals surface area (Å²) in [5.41, 5.74) is 0. The number of aliphatic carboxylic acids is 4. The number of rotatable bonds is 0. The number of carboxylic acid groups (broad SMARTS) is 4. The van der Waals surface area contributed by atoms with Crippen molar-refractivity contribution in [2.24, 2.45) is 0 Å². The first kappa shape index (κ1) is 23.7. The summed E-state index contributed by atoms with van der Waals surface area (Å²) >= 11 is 0. The Balaban J connectivity index is -0.0000000625. The van der Waals surface area contributed by atoms with Gasteiger partial charge in [0.05, 0.1) is 11.9 Å². The van der Waals surface area contributed by atoms with Crippen molar-refractivity contribution in [3.05, 3.63) is 0 Å². The van der Waals surface area contributed by atoms with Gasteiger partial charge in [-0.05, 0) is 0 Å². The van der Waals surface area contributed by atoms with Gasteiger partial charge < -0.3 is 30.0 Å². The van der Waals surface area contributed by atoms with Gasteiger partial charge in [0.25, 0.3) is 0 Å². The topological polar surface area (TPSA) is 155 Å². The Labute approximate surface area is 127 Å². The van der Waals surface area contributed by atoms with E-state index in [1.165, 1.54) is 0 Å². The van der Waals surface area contributed by atoms with Crippen LogP contribution in [0.3, 0.4) is 0 Å². The van der Waals surface area contributed by atoms with E-state index in [0.717, 1.165) is 0 Å². The molecule has 0 spiro atoms. The summed E-state index contributed by atoms with van der Waals surface area (Å²) in [7, 11) is 0. The molecule has 0 rings (SSSR count). The van der Waals surface area contributed by atoms with E-state index in [1.807, 2.05) is 0 Å². The van der Waals surface area contributed by atoms with Gasteiger partial charge in [-0.1, -0.05) is 0 Å². The molecule has 0 fully saturated rings. The molecule has 0 heterocycles. The van der Waals surface area contributed by atoms with Gasteiger partial charge in [0.1, 0.15) is 0 Å². The smallest absolute Gasteiger partial charge is 0.543 e. The van der Waals surface area contributed by atoms with Gasteiger partial charge in [-0.25, -0.2) is 9.59 Å². The maximum Gasteiger partial charge on any atom is 2.00 e. The molecule has 0 aliphatic heterocycles. The van der Waals surface area contributed by atoms with Crippen LogP contribution in [-0.4, -0.2) is 71.8 Å². The quantitative estimate of drug-likeness (QED) is 0.331. The zero-order valence-electron chi connectivity index (χ0n) is 6.76. The van der Waals surface area contributed by atoms with E-state index in [4.69, 9.17) is 39.6 Å². The maximum absolute atomic E-state index is 9.10. The second-order valence-electron chi connectivity index (χ2n) is 1.19. The van der Waals surface area contributed by atoms with Gasteiger partial charge in [0.2, 0.25) is 0 Å². The summed E-state index contributed by atoms with van der Waals surface area (Å²) < 4.78 is 0. The SMILES string of the molecule is O=C(O)C(=O)O.O=C([O-])C(=O)[O-].[Ca+2].[Cd]. The molecule has 0 aliphatic carbocycles. The molecule has 0 radical (unpaired) electrons. The third-order valence-electron chi connectivity index (χ3n) is 0.350. The Morgan fingerprint density at radius 2 is 0.929 bits per heavy atom. The Bertz CT molecular complexity index is 177. The molecule has 0 unspecified atom stereocenters. The molecule has 0 aliphatic rings. The molecule has 8 nitrogen and oxygen atoms in total. The van der Waals surface area contributed by atoms with Gasteiger partial charge in [-0.15, -0.1) is 0 Å². The van der Waals surface area contributed by atoms with Gasteiger partial charge in [-0.2, -0.15) is 0 Å². The van der Waals surface area contributed by atoms with Crippen molar-refractivity contribution in [3.8, 4) is 0 Å². The first-order valence-electron chi connectivity index (χ1n) is 2.17. The van der Waals surface area contributed by atoms with Crippen molar-refractivity contribution in [3.63, 3.8) is 0 Å². The zero-order valence-corrected chi connectivity index (χ0v) is 13.0. The van der Waals surface area contributed by atoms with Gasteiger partial charge >= 0.3 is 49.7 Å². The monoisotopic (exact) mass is 332 g/mol. The molecular formula is C4H2CaCdO8. The van der Waals surface area contributed by atoms with Crippen LogP contribution < -0.4 is 10.2 Å². The van der Waals surface area contributed by atoms with Crippen molar-refractivity contribution < 1.29 is 66.9 Å². The number of carboxylic acids is 4. The molecule has 0 bridgehead atoms. The van der Waals surface area contributed by atoms with Gasteiger partial charge in [0.15, 0.2) is 0 Å². The molecule has 0 atom stereocenters. The molecule has 0 amide bonds. The maximum atomic E-state index is 9.10. The van der Waals surface area contributed by atoms with Crippen LogP contribution in [-0.2, 0) is 46.5 Å². The number of hydrogen-bond donors (Lipinski definition) is 2. The van der Waals surface area contributed by atoms with E-state index in [9.17, 15) is 0 Å². The molecule has 0 saturated heterocycles. The summed E-state index contributed by atoms with van der Waals surface area (Å²) in [6, 6.07) is 0. The molecule has 0 aromatic rings. The summed E-state index contributed by atoms with van der Waals surface area (Å²) in [6.07, 6.45) is 0. The van der Waals surface area contributed by atoms with E-state index >= 15 is 0 Å². The third-order valence-corrected chi connectivity index (χ3v) is 0.350. The number of carbonyl (C=O) groups excluding carboxylic acids is 2. The van der Waals surface area contributed by atoms with E-state index in [0.29, 0.717) is 0 Å². The normalized spacial score (nSPS) is 6.29. The Morgan fingerprint density at radius 1 is 0.786 bits per heavy atom. The Hall–Kier alpha value is 0.0618. The van der Waals surface area contributed by atoms with E-state index in [2.05, 4.69) is 0 Å². The van der Waals surface area contributed by atoms with Gasteiger partial charge in [-0.3, -0.25) is 0 Å². The fraction of sp³-hybridized carbons (Fsp3) is 0. The fourth-order valence-corrected chi connectivity index (χ4v) is 0. The van der Waals surface area contributed by atoms with Crippen LogP contribution >= 0.6 is 0 Å². The summed E-state index contributed by atoms with van der Waals surface area (Å²) in [4.78, 5) is 36.1. The van der Waals surface area contributed by atoms with Crippen LogP contribution in [0.4, 0.5) is 0 Å². The van der Waals surface area contributed by atoms with Crippen LogP contribution in [0.15, 0.2) is 0 Å². The minimum atomic E-state index is -2.19.